The minimum Gasteiger partial charge on any atom is -0.394 e. The second-order valence-corrected chi connectivity index (χ2v) is 4.47. The van der Waals surface area contributed by atoms with E-state index in [1.165, 1.54) is 5.56 Å². The summed E-state index contributed by atoms with van der Waals surface area (Å²) in [6.45, 7) is 0.552. The molecule has 0 saturated carbocycles. The highest BCUT2D eigenvalue weighted by atomic mass is 16.3. The van der Waals surface area contributed by atoms with Gasteiger partial charge in [-0.15, -0.1) is 0 Å². The van der Waals surface area contributed by atoms with Crippen molar-refractivity contribution in [3.8, 4) is 0 Å². The Bertz CT molecular complexity index is 485. The zero-order valence-electron chi connectivity index (χ0n) is 10.8. The Hall–Kier alpha value is -1.91. The monoisotopic (exact) mass is 257 g/mol. The Morgan fingerprint density at radius 1 is 1.11 bits per heavy atom. The van der Waals surface area contributed by atoms with E-state index < -0.39 is 0 Å². The van der Waals surface area contributed by atoms with Crippen LogP contribution >= 0.6 is 0 Å². The van der Waals surface area contributed by atoms with Crippen molar-refractivity contribution >= 4 is 5.82 Å². The van der Waals surface area contributed by atoms with Gasteiger partial charge < -0.3 is 16.2 Å². The molecule has 0 fully saturated rings. The second-order valence-electron chi connectivity index (χ2n) is 4.47. The Morgan fingerprint density at radius 3 is 2.47 bits per heavy atom. The average molecular weight is 257 g/mol. The fraction of sp³-hybridized carbons (Fsp3) is 0.267. The van der Waals surface area contributed by atoms with Crippen molar-refractivity contribution in [3.05, 3.63) is 59.8 Å². The third kappa shape index (κ3) is 4.05. The summed E-state index contributed by atoms with van der Waals surface area (Å²) in [5.74, 6) is 0.757. The third-order valence-corrected chi connectivity index (χ3v) is 2.96. The summed E-state index contributed by atoms with van der Waals surface area (Å²) >= 11 is 0. The van der Waals surface area contributed by atoms with Crippen molar-refractivity contribution in [1.82, 2.24) is 4.98 Å². The van der Waals surface area contributed by atoms with Gasteiger partial charge in [-0.1, -0.05) is 36.4 Å². The first-order valence-corrected chi connectivity index (χ1v) is 6.38. The van der Waals surface area contributed by atoms with E-state index in [1.54, 1.807) is 6.20 Å². The largest absolute Gasteiger partial charge is 0.394 e. The summed E-state index contributed by atoms with van der Waals surface area (Å²) in [5.41, 5.74) is 7.71. The molecular formula is C15H19N3O. The van der Waals surface area contributed by atoms with Gasteiger partial charge in [0.1, 0.15) is 5.82 Å². The molecule has 0 radical (unpaired) electrons. The number of aromatic nitrogens is 1. The molecule has 1 aromatic carbocycles. The number of benzene rings is 1. The van der Waals surface area contributed by atoms with Crippen molar-refractivity contribution in [2.75, 3.05) is 11.9 Å². The second kappa shape index (κ2) is 6.87. The fourth-order valence-corrected chi connectivity index (χ4v) is 1.90. The summed E-state index contributed by atoms with van der Waals surface area (Å²) in [4.78, 5) is 4.28. The van der Waals surface area contributed by atoms with Crippen LogP contribution < -0.4 is 11.1 Å². The number of aliphatic hydroxyl groups is 1. The van der Waals surface area contributed by atoms with Crippen LogP contribution in [-0.4, -0.2) is 22.7 Å². The summed E-state index contributed by atoms with van der Waals surface area (Å²) in [6, 6.07) is 13.9. The lowest BCUT2D eigenvalue weighted by molar-refractivity contribution is 0.273. The van der Waals surface area contributed by atoms with Gasteiger partial charge >= 0.3 is 0 Å². The number of nitrogens with zero attached hydrogens (tertiary/aromatic N) is 1. The Balaban J connectivity index is 1.98. The molecule has 1 unspecified atom stereocenters. The number of hydrogen-bond acceptors (Lipinski definition) is 4. The van der Waals surface area contributed by atoms with Gasteiger partial charge in [-0.05, 0) is 23.6 Å². The summed E-state index contributed by atoms with van der Waals surface area (Å²) in [6.07, 6.45) is 2.51. The van der Waals surface area contributed by atoms with Gasteiger partial charge in [0.25, 0.3) is 0 Å². The van der Waals surface area contributed by atoms with Gasteiger partial charge in [0.2, 0.25) is 0 Å². The van der Waals surface area contributed by atoms with Crippen LogP contribution in [0.25, 0.3) is 0 Å². The predicted molar refractivity (Wildman–Crippen MR) is 76.8 cm³/mol. The number of rotatable bonds is 6. The van der Waals surface area contributed by atoms with E-state index in [1.807, 2.05) is 30.3 Å². The van der Waals surface area contributed by atoms with Crippen LogP contribution in [0.2, 0.25) is 0 Å². The minimum atomic E-state index is -0.0429. The maximum Gasteiger partial charge on any atom is 0.126 e. The number of hydrogen-bond donors (Lipinski definition) is 3. The normalized spacial score (nSPS) is 12.1. The van der Waals surface area contributed by atoms with Crippen LogP contribution in [0.3, 0.4) is 0 Å². The molecule has 0 aliphatic carbocycles. The molecule has 0 aliphatic rings. The van der Waals surface area contributed by atoms with E-state index >= 15 is 0 Å². The molecular weight excluding hydrogens is 238 g/mol. The topological polar surface area (TPSA) is 71.2 Å². The van der Waals surface area contributed by atoms with E-state index in [4.69, 9.17) is 5.73 Å². The zero-order valence-corrected chi connectivity index (χ0v) is 10.8. The number of aliphatic hydroxyl groups excluding tert-OH is 1. The molecule has 0 bridgehead atoms. The summed E-state index contributed by atoms with van der Waals surface area (Å²) < 4.78 is 0. The van der Waals surface area contributed by atoms with Crippen molar-refractivity contribution in [3.63, 3.8) is 0 Å². The van der Waals surface area contributed by atoms with Gasteiger partial charge in [-0.25, -0.2) is 4.98 Å². The molecule has 0 aliphatic heterocycles. The fourth-order valence-electron chi connectivity index (χ4n) is 1.90. The van der Waals surface area contributed by atoms with Crippen molar-refractivity contribution in [1.29, 1.82) is 0 Å². The van der Waals surface area contributed by atoms with Crippen LogP contribution in [0.4, 0.5) is 5.82 Å². The molecule has 4 nitrogen and oxygen atoms in total. The van der Waals surface area contributed by atoms with E-state index in [9.17, 15) is 5.11 Å². The standard InChI is InChI=1S/C15H19N3O/c16-9-13-6-7-15(17-10-13)18-14(11-19)8-12-4-2-1-3-5-12/h1-7,10,14,19H,8-9,11,16H2,(H,17,18). The maximum atomic E-state index is 9.44. The highest BCUT2D eigenvalue weighted by Crippen LogP contribution is 2.10. The van der Waals surface area contributed by atoms with Gasteiger partial charge in [0.05, 0.1) is 12.6 Å². The van der Waals surface area contributed by atoms with Crippen LogP contribution in [0.5, 0.6) is 0 Å². The van der Waals surface area contributed by atoms with E-state index in [0.717, 1.165) is 17.8 Å². The number of nitrogens with one attached hydrogen (secondary N) is 1. The Morgan fingerprint density at radius 2 is 1.89 bits per heavy atom. The molecule has 0 amide bonds. The van der Waals surface area contributed by atoms with Crippen LogP contribution in [-0.2, 0) is 13.0 Å². The Labute approximate surface area is 113 Å². The highest BCUT2D eigenvalue weighted by Gasteiger charge is 2.08. The first-order valence-electron chi connectivity index (χ1n) is 6.38. The lowest BCUT2D eigenvalue weighted by Gasteiger charge is -2.17. The molecule has 1 atom stereocenters. The molecule has 2 aromatic rings. The molecule has 1 heterocycles. The average Bonchev–Trinajstić information content (AvgIpc) is 2.48. The lowest BCUT2D eigenvalue weighted by Crippen LogP contribution is -2.26. The van der Waals surface area contributed by atoms with Crippen molar-refractivity contribution < 1.29 is 5.11 Å². The number of anilines is 1. The summed E-state index contributed by atoms with van der Waals surface area (Å²) in [5, 5.41) is 12.7. The van der Waals surface area contributed by atoms with Crippen LogP contribution in [0.15, 0.2) is 48.7 Å². The minimum absolute atomic E-state index is 0.0429. The van der Waals surface area contributed by atoms with Crippen LogP contribution in [0.1, 0.15) is 11.1 Å². The number of pyridine rings is 1. The molecule has 100 valence electrons. The molecule has 2 rings (SSSR count). The zero-order chi connectivity index (χ0) is 13.5. The maximum absolute atomic E-state index is 9.44. The van der Waals surface area contributed by atoms with Crippen LogP contribution in [0, 0.1) is 0 Å². The van der Waals surface area contributed by atoms with E-state index in [0.29, 0.717) is 6.54 Å². The van der Waals surface area contributed by atoms with Gasteiger partial charge in [-0.2, -0.15) is 0 Å². The van der Waals surface area contributed by atoms with Crippen molar-refractivity contribution in [2.45, 2.75) is 19.0 Å². The van der Waals surface area contributed by atoms with E-state index in [-0.39, 0.29) is 12.6 Å². The number of nitrogens with two attached hydrogens (primary N) is 1. The summed E-state index contributed by atoms with van der Waals surface area (Å²) in [7, 11) is 0. The Kier molecular flexibility index (Phi) is 4.89. The lowest BCUT2D eigenvalue weighted by atomic mass is 10.1. The van der Waals surface area contributed by atoms with Gasteiger partial charge in [-0.3, -0.25) is 0 Å². The molecule has 0 saturated heterocycles. The highest BCUT2D eigenvalue weighted by molar-refractivity contribution is 5.37. The van der Waals surface area contributed by atoms with Crippen molar-refractivity contribution in [2.24, 2.45) is 5.73 Å². The molecule has 1 aromatic heterocycles. The molecule has 4 N–H and O–H groups in total. The molecule has 19 heavy (non-hydrogen) atoms. The first kappa shape index (κ1) is 13.5. The third-order valence-electron chi connectivity index (χ3n) is 2.96. The predicted octanol–water partition coefficient (Wildman–Crippen LogP) is 1.56. The first-order chi connectivity index (χ1) is 9.31. The van der Waals surface area contributed by atoms with E-state index in [2.05, 4.69) is 22.4 Å². The molecule has 4 heteroatoms. The molecule has 0 spiro atoms. The quantitative estimate of drug-likeness (QED) is 0.734. The SMILES string of the molecule is NCc1ccc(NC(CO)Cc2ccccc2)nc1. The van der Waals surface area contributed by atoms with Gasteiger partial charge in [0, 0.05) is 12.7 Å². The van der Waals surface area contributed by atoms with Gasteiger partial charge in [0.15, 0.2) is 0 Å². The smallest absolute Gasteiger partial charge is 0.126 e.